The molecule has 104 valence electrons. The van der Waals surface area contributed by atoms with Crippen molar-refractivity contribution in [2.45, 2.75) is 18.4 Å². The molecule has 0 spiro atoms. The van der Waals surface area contributed by atoms with Gasteiger partial charge < -0.3 is 10.4 Å². The van der Waals surface area contributed by atoms with Crippen molar-refractivity contribution in [2.24, 2.45) is 0 Å². The zero-order valence-corrected chi connectivity index (χ0v) is 10.4. The Balaban J connectivity index is 2.27. The molecule has 0 radical (unpaired) electrons. The van der Waals surface area contributed by atoms with E-state index < -0.39 is 29.2 Å². The van der Waals surface area contributed by atoms with Gasteiger partial charge in [-0.2, -0.15) is 0 Å². The Kier molecular flexibility index (Phi) is 3.51. The number of aliphatic carboxylic acids is 1. The van der Waals surface area contributed by atoms with E-state index in [1.54, 1.807) is 18.2 Å². The molecule has 20 heavy (non-hydrogen) atoms. The number of carboxylic acids is 1. The highest BCUT2D eigenvalue weighted by Gasteiger charge is 2.50. The molecule has 3 N–H and O–H groups in total. The molecule has 1 aromatic carbocycles. The van der Waals surface area contributed by atoms with Gasteiger partial charge in [0.05, 0.1) is 0 Å². The molecule has 1 heterocycles. The van der Waals surface area contributed by atoms with Gasteiger partial charge in [-0.1, -0.05) is 18.2 Å². The van der Waals surface area contributed by atoms with Crippen LogP contribution in [0.1, 0.15) is 23.2 Å². The Hall–Kier alpha value is -2.70. The van der Waals surface area contributed by atoms with Gasteiger partial charge in [-0.05, 0) is 18.6 Å². The molecular weight excluding hydrogens is 264 g/mol. The summed E-state index contributed by atoms with van der Waals surface area (Å²) in [5.41, 5.74) is -1.88. The van der Waals surface area contributed by atoms with Gasteiger partial charge in [0.1, 0.15) is 0 Å². The largest absolute Gasteiger partial charge is 0.479 e. The van der Waals surface area contributed by atoms with Crippen molar-refractivity contribution < 1.29 is 24.3 Å². The Morgan fingerprint density at radius 3 is 2.40 bits per heavy atom. The topological polar surface area (TPSA) is 113 Å². The number of hydrogen-bond acceptors (Lipinski definition) is 4. The fourth-order valence-electron chi connectivity index (χ4n) is 1.94. The lowest BCUT2D eigenvalue weighted by Crippen LogP contribution is -2.67. The molecular formula is C13H12N2O5. The zero-order valence-electron chi connectivity index (χ0n) is 10.4. The SMILES string of the molecule is O=C1CCC(NC(=O)c2ccccc2)(C(=O)O)C(=O)N1. The summed E-state index contributed by atoms with van der Waals surface area (Å²) in [7, 11) is 0. The maximum atomic E-state index is 12.0. The Labute approximate surface area is 114 Å². The summed E-state index contributed by atoms with van der Waals surface area (Å²) in [6, 6.07) is 7.93. The maximum Gasteiger partial charge on any atom is 0.339 e. The fraction of sp³-hybridized carbons (Fsp3) is 0.231. The van der Waals surface area contributed by atoms with Gasteiger partial charge >= 0.3 is 5.97 Å². The van der Waals surface area contributed by atoms with Gasteiger partial charge in [0, 0.05) is 12.0 Å². The normalized spacial score (nSPS) is 22.0. The van der Waals surface area contributed by atoms with Crippen LogP contribution in [0, 0.1) is 0 Å². The third-order valence-electron chi connectivity index (χ3n) is 3.10. The second-order valence-corrected chi connectivity index (χ2v) is 4.41. The molecule has 0 saturated carbocycles. The quantitative estimate of drug-likeness (QED) is 0.517. The molecule has 1 aliphatic heterocycles. The fourth-order valence-corrected chi connectivity index (χ4v) is 1.94. The van der Waals surface area contributed by atoms with Gasteiger partial charge in [-0.25, -0.2) is 4.79 Å². The van der Waals surface area contributed by atoms with Crippen molar-refractivity contribution in [1.82, 2.24) is 10.6 Å². The van der Waals surface area contributed by atoms with Crippen LogP contribution in [-0.2, 0) is 14.4 Å². The molecule has 0 aromatic heterocycles. The summed E-state index contributed by atoms with van der Waals surface area (Å²) >= 11 is 0. The van der Waals surface area contributed by atoms with Crippen LogP contribution in [0.5, 0.6) is 0 Å². The standard InChI is InChI=1S/C13H12N2O5/c16-9-6-7-13(12(19)20,11(18)14-9)15-10(17)8-4-2-1-3-5-8/h1-5H,6-7H2,(H,15,17)(H,19,20)(H,14,16,18). The highest BCUT2D eigenvalue weighted by molar-refractivity contribution is 6.16. The number of imide groups is 1. The first kappa shape index (κ1) is 13.7. The van der Waals surface area contributed by atoms with E-state index in [1.807, 2.05) is 5.32 Å². The predicted octanol–water partition coefficient (Wildman–Crippen LogP) is -0.324. The molecule has 2 rings (SSSR count). The van der Waals surface area contributed by atoms with Crippen LogP contribution in [0.2, 0.25) is 0 Å². The Morgan fingerprint density at radius 2 is 1.85 bits per heavy atom. The van der Waals surface area contributed by atoms with Gasteiger partial charge in [0.25, 0.3) is 11.8 Å². The van der Waals surface area contributed by atoms with Gasteiger partial charge in [0.15, 0.2) is 0 Å². The lowest BCUT2D eigenvalue weighted by molar-refractivity contribution is -0.153. The van der Waals surface area contributed by atoms with Gasteiger partial charge in [-0.3, -0.25) is 19.7 Å². The Morgan fingerprint density at radius 1 is 1.20 bits per heavy atom. The number of piperidine rings is 1. The van der Waals surface area contributed by atoms with Crippen LogP contribution >= 0.6 is 0 Å². The number of carboxylic acid groups (broad SMARTS) is 1. The number of rotatable bonds is 3. The van der Waals surface area contributed by atoms with Crippen molar-refractivity contribution in [3.63, 3.8) is 0 Å². The summed E-state index contributed by atoms with van der Waals surface area (Å²) < 4.78 is 0. The van der Waals surface area contributed by atoms with E-state index in [9.17, 15) is 24.3 Å². The van der Waals surface area contributed by atoms with Crippen molar-refractivity contribution in [3.05, 3.63) is 35.9 Å². The highest BCUT2D eigenvalue weighted by Crippen LogP contribution is 2.19. The second kappa shape index (κ2) is 5.12. The van der Waals surface area contributed by atoms with Crippen LogP contribution in [0.3, 0.4) is 0 Å². The van der Waals surface area contributed by atoms with E-state index >= 15 is 0 Å². The minimum absolute atomic E-state index is 0.146. The summed E-state index contributed by atoms with van der Waals surface area (Å²) in [6.45, 7) is 0. The smallest absolute Gasteiger partial charge is 0.339 e. The number of nitrogens with one attached hydrogen (secondary N) is 2. The number of carbonyl (C=O) groups excluding carboxylic acids is 3. The third kappa shape index (κ3) is 2.37. The van der Waals surface area contributed by atoms with Gasteiger partial charge in [-0.15, -0.1) is 0 Å². The molecule has 1 atom stereocenters. The van der Waals surface area contributed by atoms with Crippen molar-refractivity contribution in [2.75, 3.05) is 0 Å². The van der Waals surface area contributed by atoms with E-state index in [2.05, 4.69) is 5.32 Å². The number of carbonyl (C=O) groups is 4. The first-order valence-corrected chi connectivity index (χ1v) is 5.91. The summed E-state index contributed by atoms with van der Waals surface area (Å²) in [5.74, 6) is -3.75. The average molecular weight is 276 g/mol. The molecule has 7 heteroatoms. The summed E-state index contributed by atoms with van der Waals surface area (Å²) in [4.78, 5) is 46.3. The summed E-state index contributed by atoms with van der Waals surface area (Å²) in [6.07, 6.45) is -0.418. The molecule has 1 aliphatic rings. The molecule has 0 aliphatic carbocycles. The van der Waals surface area contributed by atoms with Crippen molar-refractivity contribution in [1.29, 1.82) is 0 Å². The lowest BCUT2D eigenvalue weighted by atomic mass is 9.88. The first-order valence-electron chi connectivity index (χ1n) is 5.91. The molecule has 1 unspecified atom stereocenters. The van der Waals surface area contributed by atoms with Crippen molar-refractivity contribution >= 4 is 23.7 Å². The monoisotopic (exact) mass is 276 g/mol. The second-order valence-electron chi connectivity index (χ2n) is 4.41. The predicted molar refractivity (Wildman–Crippen MR) is 66.7 cm³/mol. The van der Waals surface area contributed by atoms with E-state index in [0.717, 1.165) is 0 Å². The minimum Gasteiger partial charge on any atom is -0.479 e. The molecule has 1 saturated heterocycles. The molecule has 3 amide bonds. The maximum absolute atomic E-state index is 12.0. The van der Waals surface area contributed by atoms with Gasteiger partial charge in [0.2, 0.25) is 11.4 Å². The highest BCUT2D eigenvalue weighted by atomic mass is 16.4. The molecule has 1 fully saturated rings. The third-order valence-corrected chi connectivity index (χ3v) is 3.10. The molecule has 0 bridgehead atoms. The summed E-state index contributed by atoms with van der Waals surface area (Å²) in [5, 5.41) is 13.4. The van der Waals surface area contributed by atoms with Crippen LogP contribution < -0.4 is 10.6 Å². The minimum atomic E-state index is -2.11. The van der Waals surface area contributed by atoms with Crippen LogP contribution in [-0.4, -0.2) is 34.3 Å². The number of hydrogen-bond donors (Lipinski definition) is 3. The number of amides is 3. The van der Waals surface area contributed by atoms with E-state index in [0.29, 0.717) is 0 Å². The van der Waals surface area contributed by atoms with E-state index in [1.165, 1.54) is 12.1 Å². The Bertz CT molecular complexity index is 584. The molecule has 7 nitrogen and oxygen atoms in total. The van der Waals surface area contributed by atoms with E-state index in [4.69, 9.17) is 0 Å². The van der Waals surface area contributed by atoms with Crippen molar-refractivity contribution in [3.8, 4) is 0 Å². The average Bonchev–Trinajstić information content (AvgIpc) is 2.42. The van der Waals surface area contributed by atoms with Crippen LogP contribution in [0.15, 0.2) is 30.3 Å². The first-order chi connectivity index (χ1) is 9.45. The van der Waals surface area contributed by atoms with E-state index in [-0.39, 0.29) is 18.4 Å². The zero-order chi connectivity index (χ0) is 14.8. The molecule has 1 aromatic rings. The van der Waals surface area contributed by atoms with Crippen LogP contribution in [0.25, 0.3) is 0 Å². The lowest BCUT2D eigenvalue weighted by Gasteiger charge is -2.31. The number of benzene rings is 1. The van der Waals surface area contributed by atoms with Crippen LogP contribution in [0.4, 0.5) is 0 Å².